The van der Waals surface area contributed by atoms with Crippen molar-refractivity contribution in [2.24, 2.45) is 0 Å². The summed E-state index contributed by atoms with van der Waals surface area (Å²) in [6.45, 7) is -0.966. The number of aliphatic hydroxyl groups is 2. The highest BCUT2D eigenvalue weighted by Crippen LogP contribution is 2.55. The third kappa shape index (κ3) is 4.63. The van der Waals surface area contributed by atoms with Gasteiger partial charge in [-0.25, -0.2) is 19.9 Å². The normalized spacial score (nSPS) is 11.4. The zero-order valence-electron chi connectivity index (χ0n) is 15.1. The van der Waals surface area contributed by atoms with Crippen LogP contribution in [0.5, 0.6) is 34.9 Å². The molecule has 15 heteroatoms. The topological polar surface area (TPSA) is 217 Å². The molecule has 0 saturated carbocycles. The van der Waals surface area contributed by atoms with E-state index >= 15 is 0 Å². The molecule has 2 heterocycles. The summed E-state index contributed by atoms with van der Waals surface area (Å²) in [5, 5.41) is 60.5. The number of nitrogen functional groups attached to an aromatic ring is 1. The summed E-state index contributed by atoms with van der Waals surface area (Å²) < 4.78 is 10.2. The number of benzene rings is 1. The summed E-state index contributed by atoms with van der Waals surface area (Å²) in [7, 11) is 0. The Kier molecular flexibility index (Phi) is 6.21. The van der Waals surface area contributed by atoms with Crippen LogP contribution < -0.4 is 15.2 Å². The predicted molar refractivity (Wildman–Crippen MR) is 109 cm³/mol. The number of anilines is 1. The highest BCUT2D eigenvalue weighted by Gasteiger charge is 2.32. The van der Waals surface area contributed by atoms with Crippen molar-refractivity contribution in [2.75, 3.05) is 12.3 Å². The Hall–Kier alpha value is -3.14. The number of halogens is 2. The summed E-state index contributed by atoms with van der Waals surface area (Å²) in [6.07, 6.45) is 3.57. The lowest BCUT2D eigenvalue weighted by Gasteiger charge is -2.22. The van der Waals surface area contributed by atoms with Crippen LogP contribution in [0.25, 0.3) is 11.1 Å². The maximum Gasteiger partial charge on any atom is 0.360 e. The van der Waals surface area contributed by atoms with Gasteiger partial charge >= 0.3 is 12.0 Å². The van der Waals surface area contributed by atoms with Gasteiger partial charge in [-0.3, -0.25) is 0 Å². The molecule has 0 spiro atoms. The molecular weight excluding hydrogens is 550 g/mol. The van der Waals surface area contributed by atoms with Crippen LogP contribution in [0.15, 0.2) is 27.7 Å². The first-order valence-corrected chi connectivity index (χ1v) is 9.60. The van der Waals surface area contributed by atoms with Crippen LogP contribution in [0.1, 0.15) is 0 Å². The quantitative estimate of drug-likeness (QED) is 0.127. The molecule has 0 bridgehead atoms. The number of aromatic nitrogens is 4. The van der Waals surface area contributed by atoms with E-state index in [-0.39, 0.29) is 21.9 Å². The van der Waals surface area contributed by atoms with Crippen molar-refractivity contribution in [1.82, 2.24) is 19.9 Å². The molecule has 2 aromatic heterocycles. The Labute approximate surface area is 189 Å². The molecule has 0 radical (unpaired) electrons. The predicted octanol–water partition coefficient (Wildman–Crippen LogP) is 0.959. The third-order valence-corrected chi connectivity index (χ3v) is 4.84. The molecule has 8 N–H and O–H groups in total. The van der Waals surface area contributed by atoms with Gasteiger partial charge in [0.1, 0.15) is 16.6 Å². The molecule has 0 aliphatic rings. The molecule has 0 saturated heterocycles. The van der Waals surface area contributed by atoms with Crippen LogP contribution in [-0.2, 0) is 0 Å². The van der Waals surface area contributed by atoms with Gasteiger partial charge in [0.2, 0.25) is 5.88 Å². The van der Waals surface area contributed by atoms with Gasteiger partial charge in [0, 0.05) is 12.4 Å². The summed E-state index contributed by atoms with van der Waals surface area (Å²) in [4.78, 5) is 14.9. The van der Waals surface area contributed by atoms with Crippen molar-refractivity contribution in [2.45, 2.75) is 5.97 Å². The minimum Gasteiger partial charge on any atom is -0.504 e. The van der Waals surface area contributed by atoms with Crippen molar-refractivity contribution in [1.29, 1.82) is 0 Å². The van der Waals surface area contributed by atoms with E-state index in [1.165, 1.54) is 12.4 Å². The van der Waals surface area contributed by atoms with Gasteiger partial charge in [-0.15, -0.1) is 0 Å². The standard InChI is InChI=1S/C16H13Br2N5O8/c17-5-1-20-15(21-2-5)31-16(28,29)3-30-14-7(13(19)22-4-23-14)6-9(24)11(26)8(18)12(27)10(6)25/h1-2,4,24-29H,3H2,(H2,19,22,23). The number of phenolic OH excluding ortho intramolecular Hbond substituents is 4. The Morgan fingerprint density at radius 3 is 2.03 bits per heavy atom. The highest BCUT2D eigenvalue weighted by molar-refractivity contribution is 9.11. The number of aromatic hydroxyl groups is 4. The summed E-state index contributed by atoms with van der Waals surface area (Å²) >= 11 is 5.92. The molecular formula is C16H13Br2N5O8. The Morgan fingerprint density at radius 2 is 1.45 bits per heavy atom. The first-order valence-electron chi connectivity index (χ1n) is 8.02. The Morgan fingerprint density at radius 1 is 0.871 bits per heavy atom. The average Bonchev–Trinajstić information content (AvgIpc) is 2.72. The van der Waals surface area contributed by atoms with E-state index in [0.29, 0.717) is 4.47 Å². The number of ether oxygens (including phenoxy) is 2. The molecule has 0 amide bonds. The van der Waals surface area contributed by atoms with E-state index in [4.69, 9.17) is 15.2 Å². The molecule has 0 atom stereocenters. The van der Waals surface area contributed by atoms with Crippen molar-refractivity contribution < 1.29 is 40.1 Å². The van der Waals surface area contributed by atoms with Crippen LogP contribution in [0.4, 0.5) is 5.82 Å². The maximum absolute atomic E-state index is 10.3. The zero-order valence-corrected chi connectivity index (χ0v) is 18.2. The molecule has 1 aromatic carbocycles. The van der Waals surface area contributed by atoms with Gasteiger partial charge in [0.05, 0.1) is 15.6 Å². The number of hydrogen-bond donors (Lipinski definition) is 7. The SMILES string of the molecule is Nc1ncnc(OCC(O)(O)Oc2ncc(Br)cn2)c1-c1c(O)c(O)c(Br)c(O)c1O. The largest absolute Gasteiger partial charge is 0.504 e. The molecule has 0 aliphatic heterocycles. The molecule has 3 rings (SSSR count). The zero-order chi connectivity index (χ0) is 22.9. The number of nitrogens with two attached hydrogens (primary N) is 1. The van der Waals surface area contributed by atoms with Gasteiger partial charge in [-0.1, -0.05) is 0 Å². The Balaban J connectivity index is 1.95. The molecule has 0 fully saturated rings. The lowest BCUT2D eigenvalue weighted by molar-refractivity contribution is -0.306. The van der Waals surface area contributed by atoms with Gasteiger partial charge in [0.15, 0.2) is 29.6 Å². The number of phenols is 4. The summed E-state index contributed by atoms with van der Waals surface area (Å²) in [6, 6.07) is -0.378. The first kappa shape index (κ1) is 22.5. The van der Waals surface area contributed by atoms with E-state index in [0.717, 1.165) is 6.33 Å². The fraction of sp³-hybridized carbons (Fsp3) is 0.125. The minimum absolute atomic E-state index is 0.338. The van der Waals surface area contributed by atoms with E-state index in [1.54, 1.807) is 0 Å². The highest BCUT2D eigenvalue weighted by atomic mass is 79.9. The van der Waals surface area contributed by atoms with Gasteiger partial charge in [0.25, 0.3) is 0 Å². The van der Waals surface area contributed by atoms with Gasteiger partial charge < -0.3 is 45.8 Å². The van der Waals surface area contributed by atoms with E-state index in [1.807, 2.05) is 0 Å². The number of rotatable bonds is 6. The van der Waals surface area contributed by atoms with E-state index in [9.17, 15) is 30.6 Å². The fourth-order valence-corrected chi connectivity index (χ4v) is 2.90. The average molecular weight is 563 g/mol. The summed E-state index contributed by atoms with van der Waals surface area (Å²) in [5.41, 5.74) is 4.88. The second kappa shape index (κ2) is 8.54. The van der Waals surface area contributed by atoms with E-state index in [2.05, 4.69) is 51.8 Å². The molecule has 164 valence electrons. The monoisotopic (exact) mass is 561 g/mol. The number of hydrogen-bond acceptors (Lipinski definition) is 13. The smallest absolute Gasteiger partial charge is 0.360 e. The van der Waals surface area contributed by atoms with Crippen molar-refractivity contribution in [3.8, 4) is 46.0 Å². The van der Waals surface area contributed by atoms with Crippen LogP contribution in [0.3, 0.4) is 0 Å². The Bertz CT molecular complexity index is 1100. The van der Waals surface area contributed by atoms with Gasteiger partial charge in [-0.05, 0) is 31.9 Å². The third-order valence-electron chi connectivity index (χ3n) is 3.68. The fourth-order valence-electron chi connectivity index (χ4n) is 2.32. The van der Waals surface area contributed by atoms with Crippen molar-refractivity contribution in [3.05, 3.63) is 27.7 Å². The second-order valence-electron chi connectivity index (χ2n) is 5.84. The van der Waals surface area contributed by atoms with Crippen molar-refractivity contribution >= 4 is 37.7 Å². The van der Waals surface area contributed by atoms with Crippen LogP contribution in [-0.4, -0.2) is 63.2 Å². The molecule has 31 heavy (non-hydrogen) atoms. The lowest BCUT2D eigenvalue weighted by Crippen LogP contribution is -2.42. The summed E-state index contributed by atoms with van der Waals surface area (Å²) in [5.74, 6) is -7.11. The lowest BCUT2D eigenvalue weighted by atomic mass is 10.0. The van der Waals surface area contributed by atoms with Crippen molar-refractivity contribution in [3.63, 3.8) is 0 Å². The molecule has 0 aliphatic carbocycles. The first-order chi connectivity index (χ1) is 14.5. The maximum atomic E-state index is 10.3. The van der Waals surface area contributed by atoms with Gasteiger partial charge in [-0.2, -0.15) is 0 Å². The van der Waals surface area contributed by atoms with Crippen LogP contribution >= 0.6 is 31.9 Å². The molecule has 13 nitrogen and oxygen atoms in total. The molecule has 3 aromatic rings. The van der Waals surface area contributed by atoms with E-state index < -0.39 is 47.0 Å². The van der Waals surface area contributed by atoms with Crippen LogP contribution in [0.2, 0.25) is 0 Å². The van der Waals surface area contributed by atoms with Crippen LogP contribution in [0, 0.1) is 0 Å². The number of nitrogens with zero attached hydrogens (tertiary/aromatic N) is 4. The second-order valence-corrected chi connectivity index (χ2v) is 7.55. The molecule has 0 unspecified atom stereocenters. The minimum atomic E-state index is -2.93.